The van der Waals surface area contributed by atoms with Gasteiger partial charge in [-0.15, -0.1) is 0 Å². The third kappa shape index (κ3) is 7.37. The molecule has 0 saturated carbocycles. The minimum atomic E-state index is -0.152. The molecule has 0 radical (unpaired) electrons. The molecule has 0 unspecified atom stereocenters. The van der Waals surface area contributed by atoms with Gasteiger partial charge < -0.3 is 10.1 Å². The lowest BCUT2D eigenvalue weighted by Crippen LogP contribution is -2.31. The Morgan fingerprint density at radius 1 is 1.50 bits per heavy atom. The van der Waals surface area contributed by atoms with Crippen LogP contribution >= 0.6 is 22.9 Å². The standard InChI is InChI=1S/C9H19IN2O2/c1-4-9(2,3)14-7-5-6-11-8(13)12-10/h4-7H2,1-3H3,(H2,11,12,13). The maximum atomic E-state index is 10.8. The molecule has 4 nitrogen and oxygen atoms in total. The van der Waals surface area contributed by atoms with Gasteiger partial charge in [0, 0.05) is 13.2 Å². The van der Waals surface area contributed by atoms with Crippen molar-refractivity contribution in [3.63, 3.8) is 0 Å². The van der Waals surface area contributed by atoms with E-state index in [4.69, 9.17) is 4.74 Å². The Hall–Kier alpha value is -0.0400. The molecule has 5 heteroatoms. The predicted molar refractivity (Wildman–Crippen MR) is 65.5 cm³/mol. The van der Waals surface area contributed by atoms with Gasteiger partial charge in [-0.3, -0.25) is 3.53 Å². The van der Waals surface area contributed by atoms with Gasteiger partial charge in [-0.25, -0.2) is 4.79 Å². The summed E-state index contributed by atoms with van der Waals surface area (Å²) < 4.78 is 8.08. The highest BCUT2D eigenvalue weighted by Crippen LogP contribution is 2.13. The number of carbonyl (C=O) groups is 1. The van der Waals surface area contributed by atoms with Crippen molar-refractivity contribution in [2.75, 3.05) is 13.2 Å². The lowest BCUT2D eigenvalue weighted by Gasteiger charge is -2.23. The second-order valence-electron chi connectivity index (χ2n) is 3.67. The van der Waals surface area contributed by atoms with Gasteiger partial charge in [0.1, 0.15) is 0 Å². The molecule has 0 atom stereocenters. The molecule has 0 aromatic heterocycles. The minimum absolute atomic E-state index is 0.0501. The van der Waals surface area contributed by atoms with E-state index in [-0.39, 0.29) is 11.6 Å². The van der Waals surface area contributed by atoms with Crippen LogP contribution in [0.3, 0.4) is 0 Å². The van der Waals surface area contributed by atoms with Crippen LogP contribution in [0.4, 0.5) is 4.79 Å². The zero-order valence-corrected chi connectivity index (χ0v) is 11.2. The maximum absolute atomic E-state index is 10.8. The Balaban J connectivity index is 3.34. The van der Waals surface area contributed by atoms with E-state index in [1.807, 2.05) is 0 Å². The zero-order chi connectivity index (χ0) is 11.0. The molecule has 0 heterocycles. The first-order chi connectivity index (χ1) is 6.52. The molecule has 0 aliphatic rings. The molecule has 0 fully saturated rings. The molecular formula is C9H19IN2O2. The Kier molecular flexibility index (Phi) is 7.26. The van der Waals surface area contributed by atoms with Gasteiger partial charge >= 0.3 is 6.03 Å². The molecule has 0 bridgehead atoms. The quantitative estimate of drug-likeness (QED) is 0.449. The van der Waals surface area contributed by atoms with Crippen LogP contribution in [0.1, 0.15) is 33.6 Å². The van der Waals surface area contributed by atoms with Crippen molar-refractivity contribution in [1.82, 2.24) is 8.85 Å². The van der Waals surface area contributed by atoms with E-state index in [2.05, 4.69) is 29.6 Å². The highest BCUT2D eigenvalue weighted by molar-refractivity contribution is 14.1. The van der Waals surface area contributed by atoms with Crippen LogP contribution in [-0.2, 0) is 4.74 Å². The van der Waals surface area contributed by atoms with Crippen molar-refractivity contribution in [1.29, 1.82) is 0 Å². The third-order valence-electron chi connectivity index (χ3n) is 2.04. The summed E-state index contributed by atoms with van der Waals surface area (Å²) in [5.41, 5.74) is -0.0501. The van der Waals surface area contributed by atoms with Crippen LogP contribution in [0.2, 0.25) is 0 Å². The van der Waals surface area contributed by atoms with Crippen molar-refractivity contribution < 1.29 is 9.53 Å². The van der Waals surface area contributed by atoms with Gasteiger partial charge in [0.25, 0.3) is 0 Å². The molecule has 0 aromatic rings. The molecule has 84 valence electrons. The number of amides is 2. The summed E-state index contributed by atoms with van der Waals surface area (Å²) in [7, 11) is 0. The minimum Gasteiger partial charge on any atom is -0.376 e. The van der Waals surface area contributed by atoms with Crippen LogP contribution in [0.5, 0.6) is 0 Å². The fourth-order valence-electron chi connectivity index (χ4n) is 0.758. The molecule has 2 amide bonds. The zero-order valence-electron chi connectivity index (χ0n) is 9.02. The average Bonchev–Trinajstić information content (AvgIpc) is 2.17. The summed E-state index contributed by atoms with van der Waals surface area (Å²) in [5.74, 6) is 0. The number of hydrogen-bond donors (Lipinski definition) is 2. The Morgan fingerprint density at radius 3 is 2.64 bits per heavy atom. The molecule has 0 spiro atoms. The molecule has 0 aliphatic heterocycles. The van der Waals surface area contributed by atoms with Crippen molar-refractivity contribution in [2.24, 2.45) is 0 Å². The first kappa shape index (κ1) is 14.0. The number of rotatable bonds is 6. The van der Waals surface area contributed by atoms with E-state index in [0.717, 1.165) is 12.8 Å². The molecule has 14 heavy (non-hydrogen) atoms. The van der Waals surface area contributed by atoms with Gasteiger partial charge in [0.15, 0.2) is 0 Å². The van der Waals surface area contributed by atoms with E-state index >= 15 is 0 Å². The number of urea groups is 1. The lowest BCUT2D eigenvalue weighted by atomic mass is 10.1. The molecular weight excluding hydrogens is 295 g/mol. The Morgan fingerprint density at radius 2 is 2.14 bits per heavy atom. The van der Waals surface area contributed by atoms with E-state index in [1.54, 1.807) is 22.9 Å². The largest absolute Gasteiger partial charge is 0.376 e. The monoisotopic (exact) mass is 314 g/mol. The fraction of sp³-hybridized carbons (Fsp3) is 0.889. The van der Waals surface area contributed by atoms with Crippen molar-refractivity contribution in [3.05, 3.63) is 0 Å². The molecule has 0 saturated heterocycles. The summed E-state index contributed by atoms with van der Waals surface area (Å²) in [6, 6.07) is -0.152. The predicted octanol–water partition coefficient (Wildman–Crippen LogP) is 2.23. The molecule has 0 aliphatic carbocycles. The smallest absolute Gasteiger partial charge is 0.323 e. The van der Waals surface area contributed by atoms with Crippen molar-refractivity contribution in [3.8, 4) is 0 Å². The molecule has 0 aromatic carbocycles. The number of carbonyl (C=O) groups excluding carboxylic acids is 1. The topological polar surface area (TPSA) is 50.4 Å². The van der Waals surface area contributed by atoms with Gasteiger partial charge in [-0.2, -0.15) is 0 Å². The molecule has 0 rings (SSSR count). The number of ether oxygens (including phenoxy) is 1. The maximum Gasteiger partial charge on any atom is 0.323 e. The van der Waals surface area contributed by atoms with Gasteiger partial charge in [-0.05, 0) is 26.7 Å². The van der Waals surface area contributed by atoms with Crippen LogP contribution in [0.25, 0.3) is 0 Å². The van der Waals surface area contributed by atoms with Crippen LogP contribution in [0, 0.1) is 0 Å². The van der Waals surface area contributed by atoms with Crippen LogP contribution in [-0.4, -0.2) is 24.8 Å². The summed E-state index contributed by atoms with van der Waals surface area (Å²) in [4.78, 5) is 10.8. The average molecular weight is 314 g/mol. The number of halogens is 1. The van der Waals surface area contributed by atoms with Crippen LogP contribution < -0.4 is 8.85 Å². The van der Waals surface area contributed by atoms with Gasteiger partial charge in [0.2, 0.25) is 0 Å². The second-order valence-corrected chi connectivity index (χ2v) is 4.21. The summed E-state index contributed by atoms with van der Waals surface area (Å²) >= 11 is 1.80. The fourth-order valence-corrected chi connectivity index (χ4v) is 0.949. The SMILES string of the molecule is CCC(C)(C)OCCCNC(=O)NI. The van der Waals surface area contributed by atoms with E-state index < -0.39 is 0 Å². The van der Waals surface area contributed by atoms with Crippen molar-refractivity contribution in [2.45, 2.75) is 39.2 Å². The van der Waals surface area contributed by atoms with E-state index in [0.29, 0.717) is 13.2 Å². The lowest BCUT2D eigenvalue weighted by molar-refractivity contribution is -0.0205. The first-order valence-corrected chi connectivity index (χ1v) is 5.88. The summed E-state index contributed by atoms with van der Waals surface area (Å²) in [5, 5.41) is 2.70. The van der Waals surface area contributed by atoms with E-state index in [9.17, 15) is 4.79 Å². The first-order valence-electron chi connectivity index (χ1n) is 4.80. The second kappa shape index (κ2) is 7.28. The van der Waals surface area contributed by atoms with Crippen molar-refractivity contribution >= 4 is 28.9 Å². The van der Waals surface area contributed by atoms with Gasteiger partial charge in [-0.1, -0.05) is 6.92 Å². The Labute approximate surface area is 99.7 Å². The third-order valence-corrected chi connectivity index (χ3v) is 2.53. The van der Waals surface area contributed by atoms with Gasteiger partial charge in [0.05, 0.1) is 28.5 Å². The highest BCUT2D eigenvalue weighted by atomic mass is 127. The highest BCUT2D eigenvalue weighted by Gasteiger charge is 2.14. The van der Waals surface area contributed by atoms with Crippen LogP contribution in [0.15, 0.2) is 0 Å². The normalized spacial score (nSPS) is 11.1. The summed E-state index contributed by atoms with van der Waals surface area (Å²) in [6.45, 7) is 7.56. The molecule has 2 N–H and O–H groups in total. The van der Waals surface area contributed by atoms with E-state index in [1.165, 1.54) is 0 Å². The number of nitrogens with one attached hydrogen (secondary N) is 2. The Bertz CT molecular complexity index is 174. The number of hydrogen-bond acceptors (Lipinski definition) is 2. The summed E-state index contributed by atoms with van der Waals surface area (Å²) in [6.07, 6.45) is 1.84.